The van der Waals surface area contributed by atoms with E-state index in [9.17, 15) is 14.4 Å². The second-order valence-electron chi connectivity index (χ2n) is 3.75. The van der Waals surface area contributed by atoms with Gasteiger partial charge in [0.1, 0.15) is 12.6 Å². The van der Waals surface area contributed by atoms with Gasteiger partial charge < -0.3 is 21.1 Å². The first-order chi connectivity index (χ1) is 7.88. The standard InChI is InChI=1S/C10H19N3O4/c1-4-17-7(14)5-12-9(15)8(6(2)3)13-10(11)16/h6,8H,4-5H2,1-3H3,(H,12,15)(H3,11,13,16). The van der Waals surface area contributed by atoms with E-state index in [1.165, 1.54) is 0 Å². The van der Waals surface area contributed by atoms with E-state index in [1.807, 2.05) is 0 Å². The molecule has 0 rings (SSSR count). The van der Waals surface area contributed by atoms with Crippen molar-refractivity contribution >= 4 is 17.9 Å². The third-order valence-electron chi connectivity index (χ3n) is 1.96. The van der Waals surface area contributed by atoms with Crippen LogP contribution in [-0.2, 0) is 14.3 Å². The molecule has 7 heteroatoms. The molecule has 0 spiro atoms. The van der Waals surface area contributed by atoms with Crippen LogP contribution < -0.4 is 16.4 Å². The van der Waals surface area contributed by atoms with Crippen LogP contribution in [0, 0.1) is 5.92 Å². The van der Waals surface area contributed by atoms with Gasteiger partial charge in [0.05, 0.1) is 6.61 Å². The molecule has 4 N–H and O–H groups in total. The molecule has 0 aromatic heterocycles. The lowest BCUT2D eigenvalue weighted by Gasteiger charge is -2.20. The molecule has 0 aliphatic rings. The molecule has 0 aliphatic carbocycles. The Morgan fingerprint density at radius 1 is 1.29 bits per heavy atom. The summed E-state index contributed by atoms with van der Waals surface area (Å²) < 4.78 is 4.65. The minimum atomic E-state index is -0.782. The summed E-state index contributed by atoms with van der Waals surface area (Å²) in [5.41, 5.74) is 4.95. The number of primary amides is 1. The predicted octanol–water partition coefficient (Wildman–Crippen LogP) is -0.641. The maximum Gasteiger partial charge on any atom is 0.325 e. The lowest BCUT2D eigenvalue weighted by Crippen LogP contribution is -2.52. The molecule has 1 unspecified atom stereocenters. The Morgan fingerprint density at radius 3 is 2.29 bits per heavy atom. The first kappa shape index (κ1) is 15.2. The van der Waals surface area contributed by atoms with E-state index < -0.39 is 23.9 Å². The molecule has 0 aromatic rings. The number of carbonyl (C=O) groups excluding carboxylic acids is 3. The largest absolute Gasteiger partial charge is 0.465 e. The van der Waals surface area contributed by atoms with Gasteiger partial charge in [-0.2, -0.15) is 0 Å². The fraction of sp³-hybridized carbons (Fsp3) is 0.700. The number of carbonyl (C=O) groups is 3. The summed E-state index contributed by atoms with van der Waals surface area (Å²) in [6, 6.07) is -1.54. The van der Waals surface area contributed by atoms with Crippen LogP contribution in [0.2, 0.25) is 0 Å². The number of hydrogen-bond donors (Lipinski definition) is 3. The third-order valence-corrected chi connectivity index (χ3v) is 1.96. The van der Waals surface area contributed by atoms with E-state index in [0.29, 0.717) is 0 Å². The van der Waals surface area contributed by atoms with Crippen LogP contribution in [0.1, 0.15) is 20.8 Å². The Morgan fingerprint density at radius 2 is 1.88 bits per heavy atom. The minimum Gasteiger partial charge on any atom is -0.465 e. The van der Waals surface area contributed by atoms with E-state index in [2.05, 4.69) is 15.4 Å². The Kier molecular flexibility index (Phi) is 6.69. The summed E-state index contributed by atoms with van der Waals surface area (Å²) >= 11 is 0. The highest BCUT2D eigenvalue weighted by Gasteiger charge is 2.23. The first-order valence-corrected chi connectivity index (χ1v) is 5.37. The molecule has 98 valence electrons. The van der Waals surface area contributed by atoms with Crippen LogP contribution in [0.25, 0.3) is 0 Å². The van der Waals surface area contributed by atoms with Crippen molar-refractivity contribution in [2.24, 2.45) is 11.7 Å². The van der Waals surface area contributed by atoms with Gasteiger partial charge >= 0.3 is 12.0 Å². The topological polar surface area (TPSA) is 111 Å². The normalized spacial score (nSPS) is 11.8. The van der Waals surface area contributed by atoms with Crippen LogP contribution in [0.4, 0.5) is 4.79 Å². The highest BCUT2D eigenvalue weighted by Crippen LogP contribution is 2.01. The van der Waals surface area contributed by atoms with Crippen molar-refractivity contribution in [3.63, 3.8) is 0 Å². The summed E-state index contributed by atoms with van der Waals surface area (Å²) in [7, 11) is 0. The number of esters is 1. The molecule has 0 radical (unpaired) electrons. The van der Waals surface area contributed by atoms with E-state index >= 15 is 0 Å². The van der Waals surface area contributed by atoms with Crippen molar-refractivity contribution in [1.82, 2.24) is 10.6 Å². The number of urea groups is 1. The highest BCUT2D eigenvalue weighted by atomic mass is 16.5. The predicted molar refractivity (Wildman–Crippen MR) is 61.0 cm³/mol. The van der Waals surface area contributed by atoms with Gasteiger partial charge in [-0.3, -0.25) is 9.59 Å². The lowest BCUT2D eigenvalue weighted by atomic mass is 10.0. The number of hydrogen-bond acceptors (Lipinski definition) is 4. The summed E-state index contributed by atoms with van der Waals surface area (Å²) in [5, 5.41) is 4.68. The van der Waals surface area contributed by atoms with E-state index in [1.54, 1.807) is 20.8 Å². The van der Waals surface area contributed by atoms with E-state index in [-0.39, 0.29) is 19.1 Å². The Bertz CT molecular complexity index is 291. The van der Waals surface area contributed by atoms with Gasteiger partial charge in [-0.25, -0.2) is 4.79 Å². The number of nitrogens with one attached hydrogen (secondary N) is 2. The van der Waals surface area contributed by atoms with Crippen LogP contribution in [0.5, 0.6) is 0 Å². The number of ether oxygens (including phenoxy) is 1. The lowest BCUT2D eigenvalue weighted by molar-refractivity contribution is -0.143. The molecule has 17 heavy (non-hydrogen) atoms. The average molecular weight is 245 g/mol. The molecule has 0 heterocycles. The molecule has 0 saturated heterocycles. The van der Waals surface area contributed by atoms with Crippen LogP contribution >= 0.6 is 0 Å². The second kappa shape index (κ2) is 7.48. The molecule has 3 amide bonds. The fourth-order valence-corrected chi connectivity index (χ4v) is 1.17. The average Bonchev–Trinajstić information content (AvgIpc) is 2.22. The maximum absolute atomic E-state index is 11.6. The molecule has 0 bridgehead atoms. The fourth-order valence-electron chi connectivity index (χ4n) is 1.17. The summed E-state index contributed by atoms with van der Waals surface area (Å²) in [6.45, 7) is 5.21. The highest BCUT2D eigenvalue weighted by molar-refractivity contribution is 5.89. The van der Waals surface area contributed by atoms with Gasteiger partial charge in [0.15, 0.2) is 0 Å². The molecule has 0 aliphatic heterocycles. The number of amides is 3. The zero-order valence-corrected chi connectivity index (χ0v) is 10.3. The Balaban J connectivity index is 4.24. The summed E-state index contributed by atoms with van der Waals surface area (Å²) in [4.78, 5) is 33.4. The molecule has 7 nitrogen and oxygen atoms in total. The van der Waals surface area contributed by atoms with Crippen molar-refractivity contribution in [3.05, 3.63) is 0 Å². The quantitative estimate of drug-likeness (QED) is 0.540. The summed E-state index contributed by atoms with van der Waals surface area (Å²) in [6.07, 6.45) is 0. The SMILES string of the molecule is CCOC(=O)CNC(=O)C(NC(N)=O)C(C)C. The molecular weight excluding hydrogens is 226 g/mol. The molecular formula is C10H19N3O4. The van der Waals surface area contributed by atoms with Gasteiger partial charge in [-0.1, -0.05) is 13.8 Å². The zero-order valence-electron chi connectivity index (χ0n) is 10.3. The first-order valence-electron chi connectivity index (χ1n) is 5.37. The molecule has 1 atom stereocenters. The van der Waals surface area contributed by atoms with Gasteiger partial charge in [0.2, 0.25) is 5.91 Å². The minimum absolute atomic E-state index is 0.135. The second-order valence-corrected chi connectivity index (χ2v) is 3.75. The van der Waals surface area contributed by atoms with Crippen molar-refractivity contribution in [2.45, 2.75) is 26.8 Å². The Hall–Kier alpha value is -1.79. The number of rotatable bonds is 6. The van der Waals surface area contributed by atoms with Crippen molar-refractivity contribution < 1.29 is 19.1 Å². The van der Waals surface area contributed by atoms with Gasteiger partial charge in [0.25, 0.3) is 0 Å². The summed E-state index contributed by atoms with van der Waals surface area (Å²) in [5.74, 6) is -1.13. The maximum atomic E-state index is 11.6. The van der Waals surface area contributed by atoms with Crippen molar-refractivity contribution in [1.29, 1.82) is 0 Å². The molecule has 0 fully saturated rings. The molecule has 0 aromatic carbocycles. The van der Waals surface area contributed by atoms with Crippen LogP contribution in [0.15, 0.2) is 0 Å². The molecule has 0 saturated carbocycles. The van der Waals surface area contributed by atoms with E-state index in [0.717, 1.165) is 0 Å². The van der Waals surface area contributed by atoms with Gasteiger partial charge in [-0.05, 0) is 12.8 Å². The van der Waals surface area contributed by atoms with E-state index in [4.69, 9.17) is 5.73 Å². The van der Waals surface area contributed by atoms with Crippen molar-refractivity contribution in [3.8, 4) is 0 Å². The zero-order chi connectivity index (χ0) is 13.4. The number of nitrogens with two attached hydrogens (primary N) is 1. The van der Waals surface area contributed by atoms with Crippen LogP contribution in [-0.4, -0.2) is 37.1 Å². The monoisotopic (exact) mass is 245 g/mol. The van der Waals surface area contributed by atoms with Gasteiger partial charge in [-0.15, -0.1) is 0 Å². The van der Waals surface area contributed by atoms with Gasteiger partial charge in [0, 0.05) is 0 Å². The Labute approximate surface area is 100 Å². The smallest absolute Gasteiger partial charge is 0.325 e. The van der Waals surface area contributed by atoms with Crippen LogP contribution in [0.3, 0.4) is 0 Å². The van der Waals surface area contributed by atoms with Crippen molar-refractivity contribution in [2.75, 3.05) is 13.2 Å². The third kappa shape index (κ3) is 6.39.